The highest BCUT2D eigenvalue weighted by molar-refractivity contribution is 7.90. The van der Waals surface area contributed by atoms with Crippen LogP contribution in [0, 0.1) is 5.82 Å². The van der Waals surface area contributed by atoms with Gasteiger partial charge in [-0.1, -0.05) is 30.3 Å². The van der Waals surface area contributed by atoms with Gasteiger partial charge in [-0.15, -0.1) is 0 Å². The molecule has 2 aromatic rings. The number of rotatable bonds is 4. The molecule has 3 aliphatic rings. The number of methoxy groups -OCH3 is 1. The molecule has 0 bridgehead atoms. The largest absolute Gasteiger partial charge is 0.493 e. The molecule has 0 spiro atoms. The van der Waals surface area contributed by atoms with Crippen molar-refractivity contribution < 1.29 is 17.5 Å². The van der Waals surface area contributed by atoms with Crippen molar-refractivity contribution in [2.45, 2.75) is 29.5 Å². The topological polar surface area (TPSA) is 101 Å². The molecule has 1 aliphatic carbocycles. The average Bonchev–Trinajstić information content (AvgIpc) is 3.53. The summed E-state index contributed by atoms with van der Waals surface area (Å²) < 4.78 is 47.7. The fourth-order valence-corrected chi connectivity index (χ4v) is 6.35. The van der Waals surface area contributed by atoms with Crippen molar-refractivity contribution in [3.05, 3.63) is 53.5 Å². The Hall–Kier alpha value is -2.88. The summed E-state index contributed by atoms with van der Waals surface area (Å²) >= 11 is 0. The lowest BCUT2D eigenvalue weighted by Gasteiger charge is -2.38. The van der Waals surface area contributed by atoms with Crippen LogP contribution < -0.4 is 15.4 Å². The van der Waals surface area contributed by atoms with Gasteiger partial charge < -0.3 is 15.4 Å². The highest BCUT2D eigenvalue weighted by atomic mass is 32.2. The number of nitrogens with zero attached hydrogens (tertiary/aromatic N) is 4. The molecule has 3 heterocycles. The molecule has 1 saturated carbocycles. The molecule has 0 amide bonds. The molecule has 31 heavy (non-hydrogen) atoms. The first-order valence-electron chi connectivity index (χ1n) is 10.2. The van der Waals surface area contributed by atoms with Crippen molar-refractivity contribution in [1.82, 2.24) is 9.29 Å². The van der Waals surface area contributed by atoms with Crippen molar-refractivity contribution in [3.8, 4) is 5.75 Å². The van der Waals surface area contributed by atoms with E-state index in [1.165, 1.54) is 20.2 Å². The summed E-state index contributed by atoms with van der Waals surface area (Å²) in [6.45, 7) is 0.408. The third kappa shape index (κ3) is 2.95. The Balaban J connectivity index is 1.65. The Labute approximate surface area is 180 Å². The number of anilines is 1. The number of benzene rings is 1. The van der Waals surface area contributed by atoms with Crippen LogP contribution in [0.25, 0.3) is 0 Å². The third-order valence-corrected chi connectivity index (χ3v) is 8.66. The standard InChI is InChI=1S/C21H24FN5O3S/c1-26-20(23)25-21(14-6-4-3-5-7-14)12-27(11-16(21)31(26,28)29)17-10-15(30-2)18(22)19(24-17)13-8-9-13/h3-7,10,13,16H,8-9,11-12H2,1-2H3,(H2,23,25). The van der Waals surface area contributed by atoms with Crippen LogP contribution in [0.15, 0.2) is 41.4 Å². The number of aromatic nitrogens is 1. The Kier molecular flexibility index (Phi) is 4.40. The number of aliphatic imine (C=N–C) groups is 1. The van der Waals surface area contributed by atoms with Crippen LogP contribution in [0.4, 0.5) is 10.2 Å². The minimum Gasteiger partial charge on any atom is -0.493 e. The summed E-state index contributed by atoms with van der Waals surface area (Å²) in [4.78, 5) is 11.1. The molecule has 2 unspecified atom stereocenters. The van der Waals surface area contributed by atoms with Crippen LogP contribution in [-0.2, 0) is 15.6 Å². The number of ether oxygens (including phenoxy) is 1. The van der Waals surface area contributed by atoms with E-state index >= 15 is 0 Å². The lowest BCUT2D eigenvalue weighted by Crippen LogP contribution is -2.56. The van der Waals surface area contributed by atoms with Crippen LogP contribution in [0.1, 0.15) is 30.0 Å². The Bertz CT molecular complexity index is 1170. The zero-order valence-corrected chi connectivity index (χ0v) is 18.1. The molecule has 1 saturated heterocycles. The number of nitrogens with two attached hydrogens (primary N) is 1. The van der Waals surface area contributed by atoms with Crippen LogP contribution in [-0.4, -0.2) is 56.2 Å². The molecule has 2 atom stereocenters. The van der Waals surface area contributed by atoms with Gasteiger partial charge in [0.05, 0.1) is 19.3 Å². The number of guanidine groups is 1. The van der Waals surface area contributed by atoms with Crippen molar-refractivity contribution >= 4 is 21.8 Å². The van der Waals surface area contributed by atoms with Gasteiger partial charge in [0.25, 0.3) is 0 Å². The average molecular weight is 446 g/mol. The number of pyridine rings is 1. The first-order valence-corrected chi connectivity index (χ1v) is 11.7. The minimum atomic E-state index is -3.77. The lowest BCUT2D eigenvalue weighted by atomic mass is 9.89. The number of hydrogen-bond donors (Lipinski definition) is 1. The number of halogens is 1. The predicted molar refractivity (Wildman–Crippen MR) is 115 cm³/mol. The maximum absolute atomic E-state index is 14.7. The second-order valence-corrected chi connectivity index (χ2v) is 10.4. The van der Waals surface area contributed by atoms with Gasteiger partial charge in [0.15, 0.2) is 11.6 Å². The van der Waals surface area contributed by atoms with Crippen molar-refractivity contribution in [3.63, 3.8) is 0 Å². The molecule has 2 aliphatic heterocycles. The fourth-order valence-electron chi connectivity index (χ4n) is 4.54. The van der Waals surface area contributed by atoms with E-state index in [0.717, 1.165) is 22.7 Å². The molecule has 10 heteroatoms. The number of fused-ring (bicyclic) bond motifs is 1. The van der Waals surface area contributed by atoms with Gasteiger partial charge in [0.1, 0.15) is 16.6 Å². The summed E-state index contributed by atoms with van der Waals surface area (Å²) in [5.74, 6) is 0.170. The first-order chi connectivity index (χ1) is 14.8. The van der Waals surface area contributed by atoms with Crippen LogP contribution in [0.5, 0.6) is 5.75 Å². The van der Waals surface area contributed by atoms with E-state index in [-0.39, 0.29) is 30.7 Å². The summed E-state index contributed by atoms with van der Waals surface area (Å²) in [6, 6.07) is 10.8. The van der Waals surface area contributed by atoms with Crippen molar-refractivity contribution in [2.75, 3.05) is 32.1 Å². The summed E-state index contributed by atoms with van der Waals surface area (Å²) in [5.41, 5.74) is 6.10. The Morgan fingerprint density at radius 3 is 2.61 bits per heavy atom. The van der Waals surface area contributed by atoms with Gasteiger partial charge in [-0.3, -0.25) is 0 Å². The highest BCUT2D eigenvalue weighted by Gasteiger charge is 2.59. The normalized spacial score (nSPS) is 27.1. The maximum Gasteiger partial charge on any atom is 0.244 e. The molecule has 2 fully saturated rings. The molecule has 1 aromatic heterocycles. The smallest absolute Gasteiger partial charge is 0.244 e. The van der Waals surface area contributed by atoms with E-state index in [1.54, 1.807) is 0 Å². The van der Waals surface area contributed by atoms with E-state index in [4.69, 9.17) is 15.5 Å². The summed E-state index contributed by atoms with van der Waals surface area (Å²) in [7, 11) is -0.943. The quantitative estimate of drug-likeness (QED) is 0.770. The molecule has 5 rings (SSSR count). The molecule has 2 N–H and O–H groups in total. The van der Waals surface area contributed by atoms with Crippen molar-refractivity contribution in [2.24, 2.45) is 10.7 Å². The number of sulfonamides is 1. The van der Waals surface area contributed by atoms with Gasteiger partial charge in [0.2, 0.25) is 16.0 Å². The molecular formula is C21H24FN5O3S. The molecule has 164 valence electrons. The first kappa shape index (κ1) is 20.0. The monoisotopic (exact) mass is 445 g/mol. The van der Waals surface area contributed by atoms with Crippen molar-refractivity contribution in [1.29, 1.82) is 0 Å². The second-order valence-electron chi connectivity index (χ2n) is 8.30. The van der Waals surface area contributed by atoms with Crippen LogP contribution in [0.2, 0.25) is 0 Å². The van der Waals surface area contributed by atoms with Gasteiger partial charge in [-0.25, -0.2) is 27.1 Å². The van der Waals surface area contributed by atoms with E-state index in [9.17, 15) is 12.8 Å². The minimum absolute atomic E-state index is 0.0507. The highest BCUT2D eigenvalue weighted by Crippen LogP contribution is 2.47. The molecule has 1 aromatic carbocycles. The fraction of sp³-hybridized carbons (Fsp3) is 0.429. The second kappa shape index (κ2) is 6.81. The van der Waals surface area contributed by atoms with Gasteiger partial charge in [-0.05, 0) is 18.4 Å². The maximum atomic E-state index is 14.7. The van der Waals surface area contributed by atoms with Gasteiger partial charge >= 0.3 is 0 Å². The Morgan fingerprint density at radius 1 is 1.26 bits per heavy atom. The number of hydrogen-bond acceptors (Lipinski definition) is 7. The summed E-state index contributed by atoms with van der Waals surface area (Å²) in [6.07, 6.45) is 1.76. The van der Waals surface area contributed by atoms with E-state index < -0.39 is 26.6 Å². The van der Waals surface area contributed by atoms with Crippen LogP contribution >= 0.6 is 0 Å². The third-order valence-electron chi connectivity index (χ3n) is 6.45. The predicted octanol–water partition coefficient (Wildman–Crippen LogP) is 1.78. The van der Waals surface area contributed by atoms with Crippen LogP contribution in [0.3, 0.4) is 0 Å². The van der Waals surface area contributed by atoms with E-state index in [2.05, 4.69) is 4.98 Å². The zero-order chi connectivity index (χ0) is 22.0. The lowest BCUT2D eigenvalue weighted by molar-refractivity contribution is 0.382. The van der Waals surface area contributed by atoms with Gasteiger partial charge in [0, 0.05) is 25.6 Å². The molecule has 0 radical (unpaired) electrons. The molecule has 8 nitrogen and oxygen atoms in total. The Morgan fingerprint density at radius 2 is 1.97 bits per heavy atom. The van der Waals surface area contributed by atoms with E-state index in [0.29, 0.717) is 11.5 Å². The summed E-state index contributed by atoms with van der Waals surface area (Å²) in [5, 5.41) is -0.859. The SMILES string of the molecule is COc1cc(N2CC3C(c4ccccc4)(C2)N=C(N)N(C)S3(=O)=O)nc(C2CC2)c1F. The van der Waals surface area contributed by atoms with E-state index in [1.807, 2.05) is 35.2 Å². The zero-order valence-electron chi connectivity index (χ0n) is 17.3. The molecular weight excluding hydrogens is 421 g/mol. The van der Waals surface area contributed by atoms with Gasteiger partial charge in [-0.2, -0.15) is 0 Å².